The van der Waals surface area contributed by atoms with Gasteiger partial charge in [0, 0.05) is 6.04 Å². The highest BCUT2D eigenvalue weighted by Crippen LogP contribution is 2.34. The third kappa shape index (κ3) is 3.98. The summed E-state index contributed by atoms with van der Waals surface area (Å²) in [6.07, 6.45) is 7.39. The highest BCUT2D eigenvalue weighted by molar-refractivity contribution is 4.89. The molecule has 2 heteroatoms. The smallest absolute Gasteiger partial charge is 0.0695 e. The van der Waals surface area contributed by atoms with Crippen LogP contribution in [0.4, 0.5) is 0 Å². The van der Waals surface area contributed by atoms with Gasteiger partial charge in [0.1, 0.15) is 0 Å². The van der Waals surface area contributed by atoms with Crippen molar-refractivity contribution >= 4 is 0 Å². The lowest BCUT2D eigenvalue weighted by Crippen LogP contribution is -2.48. The van der Waals surface area contributed by atoms with E-state index < -0.39 is 0 Å². The average Bonchev–Trinajstić information content (AvgIpc) is 2.64. The van der Waals surface area contributed by atoms with E-state index in [0.717, 1.165) is 30.1 Å². The Balaban J connectivity index is 1.95. The van der Waals surface area contributed by atoms with Crippen LogP contribution in [-0.2, 0) is 0 Å². The zero-order chi connectivity index (χ0) is 14.7. The summed E-state index contributed by atoms with van der Waals surface area (Å²) in [5, 5.41) is 10.4. The molecule has 2 fully saturated rings. The molecule has 0 spiro atoms. The first-order chi connectivity index (χ1) is 9.49. The molecule has 4 unspecified atom stereocenters. The van der Waals surface area contributed by atoms with Crippen LogP contribution in [0.5, 0.6) is 0 Å². The minimum Gasteiger partial charge on any atom is -0.391 e. The lowest BCUT2D eigenvalue weighted by atomic mass is 9.77. The van der Waals surface area contributed by atoms with Crippen LogP contribution in [0.2, 0.25) is 0 Å². The zero-order valence-corrected chi connectivity index (χ0v) is 14.0. The number of hydrogen-bond donors (Lipinski definition) is 1. The normalized spacial score (nSPS) is 37.4. The Kier molecular flexibility index (Phi) is 5.92. The Morgan fingerprint density at radius 2 is 1.55 bits per heavy atom. The molecular weight excluding hydrogens is 246 g/mol. The summed E-state index contributed by atoms with van der Waals surface area (Å²) in [6, 6.07) is 0.432. The van der Waals surface area contributed by atoms with Crippen molar-refractivity contribution in [3.8, 4) is 0 Å². The second-order valence-electron chi connectivity index (χ2n) is 7.92. The lowest BCUT2D eigenvalue weighted by Gasteiger charge is -2.41. The van der Waals surface area contributed by atoms with Crippen LogP contribution >= 0.6 is 0 Å². The van der Waals surface area contributed by atoms with Gasteiger partial charge in [-0.1, -0.05) is 27.7 Å². The van der Waals surface area contributed by atoms with Gasteiger partial charge in [0.15, 0.2) is 0 Å². The summed E-state index contributed by atoms with van der Waals surface area (Å²) in [6.45, 7) is 11.8. The Morgan fingerprint density at radius 3 is 2.20 bits per heavy atom. The largest absolute Gasteiger partial charge is 0.391 e. The number of aliphatic hydroxyl groups excluding tert-OH is 1. The summed E-state index contributed by atoms with van der Waals surface area (Å²) in [5.74, 6) is 3.28. The molecular formula is C18H35NO. The quantitative estimate of drug-likeness (QED) is 0.847. The second kappa shape index (κ2) is 7.26. The Bertz CT molecular complexity index is 289. The maximum atomic E-state index is 10.4. The molecule has 2 nitrogen and oxygen atoms in total. The molecule has 0 radical (unpaired) electrons. The van der Waals surface area contributed by atoms with Crippen molar-refractivity contribution in [2.24, 2.45) is 23.7 Å². The van der Waals surface area contributed by atoms with Crippen LogP contribution in [-0.4, -0.2) is 35.2 Å². The maximum absolute atomic E-state index is 10.4. The summed E-state index contributed by atoms with van der Waals surface area (Å²) in [5.41, 5.74) is 0. The van der Waals surface area contributed by atoms with Crippen molar-refractivity contribution in [2.45, 2.75) is 78.4 Å². The first kappa shape index (κ1) is 16.3. The van der Waals surface area contributed by atoms with Crippen LogP contribution < -0.4 is 0 Å². The molecule has 1 saturated carbocycles. The molecule has 0 aromatic heterocycles. The van der Waals surface area contributed by atoms with Crippen LogP contribution in [0.3, 0.4) is 0 Å². The van der Waals surface area contributed by atoms with Crippen molar-refractivity contribution in [1.29, 1.82) is 0 Å². The molecule has 118 valence electrons. The molecule has 1 aliphatic heterocycles. The predicted octanol–water partition coefficient (Wildman–Crippen LogP) is 3.93. The predicted molar refractivity (Wildman–Crippen MR) is 85.7 cm³/mol. The van der Waals surface area contributed by atoms with Gasteiger partial charge in [0.25, 0.3) is 0 Å². The van der Waals surface area contributed by atoms with E-state index in [1.165, 1.54) is 45.2 Å². The van der Waals surface area contributed by atoms with E-state index in [1.807, 2.05) is 0 Å². The van der Waals surface area contributed by atoms with Gasteiger partial charge in [-0.2, -0.15) is 0 Å². The molecule has 0 aromatic carbocycles. The molecule has 0 bridgehead atoms. The molecule has 1 N–H and O–H groups in total. The monoisotopic (exact) mass is 281 g/mol. The van der Waals surface area contributed by atoms with Gasteiger partial charge in [-0.05, 0) is 75.3 Å². The summed E-state index contributed by atoms with van der Waals surface area (Å²) in [4.78, 5) is 2.63. The molecule has 2 rings (SSSR count). The molecule has 0 amide bonds. The average molecular weight is 281 g/mol. The van der Waals surface area contributed by atoms with Crippen molar-refractivity contribution in [3.63, 3.8) is 0 Å². The fraction of sp³-hybridized carbons (Fsp3) is 1.00. The zero-order valence-electron chi connectivity index (χ0n) is 14.0. The number of nitrogens with zero attached hydrogens (tertiary/aromatic N) is 1. The van der Waals surface area contributed by atoms with Gasteiger partial charge in [-0.25, -0.2) is 0 Å². The molecule has 20 heavy (non-hydrogen) atoms. The topological polar surface area (TPSA) is 23.5 Å². The molecule has 4 atom stereocenters. The molecule has 1 saturated heterocycles. The van der Waals surface area contributed by atoms with E-state index in [2.05, 4.69) is 32.6 Å². The Hall–Kier alpha value is -0.0800. The Morgan fingerprint density at radius 1 is 0.850 bits per heavy atom. The minimum atomic E-state index is -0.0828. The van der Waals surface area contributed by atoms with Crippen molar-refractivity contribution < 1.29 is 5.11 Å². The van der Waals surface area contributed by atoms with E-state index in [1.54, 1.807) is 0 Å². The van der Waals surface area contributed by atoms with Crippen LogP contribution in [0, 0.1) is 23.7 Å². The van der Waals surface area contributed by atoms with Gasteiger partial charge in [0.05, 0.1) is 6.10 Å². The van der Waals surface area contributed by atoms with Crippen LogP contribution in [0.15, 0.2) is 0 Å². The van der Waals surface area contributed by atoms with Gasteiger partial charge in [0.2, 0.25) is 0 Å². The standard InChI is InChI=1S/C18H35NO/c1-13(2)15-6-5-10-19(11-9-15)17-12-16(14(3)4)7-8-18(17)20/h13-18,20H,5-12H2,1-4H3. The number of likely N-dealkylation sites (tertiary alicyclic amines) is 1. The van der Waals surface area contributed by atoms with Gasteiger partial charge >= 0.3 is 0 Å². The van der Waals surface area contributed by atoms with Crippen LogP contribution in [0.1, 0.15) is 66.2 Å². The third-order valence-corrected chi connectivity index (χ3v) is 5.98. The summed E-state index contributed by atoms with van der Waals surface area (Å²) < 4.78 is 0. The number of aliphatic hydroxyl groups is 1. The molecule has 0 aromatic rings. The number of rotatable bonds is 3. The third-order valence-electron chi connectivity index (χ3n) is 5.98. The number of hydrogen-bond acceptors (Lipinski definition) is 2. The molecule has 1 aliphatic carbocycles. The molecule has 1 heterocycles. The minimum absolute atomic E-state index is 0.0828. The van der Waals surface area contributed by atoms with E-state index in [-0.39, 0.29) is 6.10 Å². The Labute approximate surface area is 125 Å². The first-order valence-electron chi connectivity index (χ1n) is 8.91. The van der Waals surface area contributed by atoms with E-state index in [4.69, 9.17) is 0 Å². The van der Waals surface area contributed by atoms with E-state index >= 15 is 0 Å². The fourth-order valence-electron chi connectivity index (χ4n) is 4.30. The second-order valence-corrected chi connectivity index (χ2v) is 7.92. The van der Waals surface area contributed by atoms with Gasteiger partial charge in [-0.3, -0.25) is 4.90 Å². The fourth-order valence-corrected chi connectivity index (χ4v) is 4.30. The van der Waals surface area contributed by atoms with Crippen molar-refractivity contribution in [1.82, 2.24) is 4.90 Å². The van der Waals surface area contributed by atoms with E-state index in [0.29, 0.717) is 6.04 Å². The van der Waals surface area contributed by atoms with Gasteiger partial charge < -0.3 is 5.11 Å². The summed E-state index contributed by atoms with van der Waals surface area (Å²) >= 11 is 0. The van der Waals surface area contributed by atoms with E-state index in [9.17, 15) is 5.11 Å². The van der Waals surface area contributed by atoms with Crippen molar-refractivity contribution in [2.75, 3.05) is 13.1 Å². The maximum Gasteiger partial charge on any atom is 0.0695 e. The van der Waals surface area contributed by atoms with Crippen molar-refractivity contribution in [3.05, 3.63) is 0 Å². The van der Waals surface area contributed by atoms with Crippen LogP contribution in [0.25, 0.3) is 0 Å². The lowest BCUT2D eigenvalue weighted by molar-refractivity contribution is -0.00374. The van der Waals surface area contributed by atoms with Gasteiger partial charge in [-0.15, -0.1) is 0 Å². The highest BCUT2D eigenvalue weighted by Gasteiger charge is 2.35. The summed E-state index contributed by atoms with van der Waals surface area (Å²) in [7, 11) is 0. The first-order valence-corrected chi connectivity index (χ1v) is 8.91. The molecule has 2 aliphatic rings. The SMILES string of the molecule is CC(C)C1CCCN(C2CC(C(C)C)CCC2O)CC1. The highest BCUT2D eigenvalue weighted by atomic mass is 16.3.